The zero-order valence-corrected chi connectivity index (χ0v) is 13.3. The van der Waals surface area contributed by atoms with E-state index in [1.807, 2.05) is 30.3 Å². The Morgan fingerprint density at radius 2 is 2.04 bits per heavy atom. The van der Waals surface area contributed by atoms with Crippen LogP contribution in [0.5, 0.6) is 0 Å². The molecule has 2 heterocycles. The van der Waals surface area contributed by atoms with Gasteiger partial charge in [-0.25, -0.2) is 0 Å². The summed E-state index contributed by atoms with van der Waals surface area (Å²) in [6.45, 7) is 1.69. The van der Waals surface area contributed by atoms with Crippen molar-refractivity contribution in [1.82, 2.24) is 15.6 Å². The number of nitrogens with one attached hydrogen (secondary N) is 3. The first-order chi connectivity index (χ1) is 11.6. The number of benzene rings is 1. The number of aromatic nitrogens is 1. The Kier molecular flexibility index (Phi) is 4.65. The first-order valence-corrected chi connectivity index (χ1v) is 7.75. The van der Waals surface area contributed by atoms with Gasteiger partial charge in [-0.05, 0) is 29.7 Å². The third kappa shape index (κ3) is 3.84. The quantitative estimate of drug-likeness (QED) is 0.649. The molecule has 1 atom stereocenters. The Balaban J connectivity index is 1.70. The second-order valence-corrected chi connectivity index (χ2v) is 5.64. The van der Waals surface area contributed by atoms with Gasteiger partial charge in [-0.1, -0.05) is 18.2 Å². The molecule has 0 aliphatic rings. The number of hydrogen-bond acceptors (Lipinski definition) is 3. The number of fused-ring (bicyclic) bond motifs is 1. The lowest BCUT2D eigenvalue weighted by Crippen LogP contribution is -2.47. The van der Waals surface area contributed by atoms with Crippen molar-refractivity contribution in [2.45, 2.75) is 25.9 Å². The highest BCUT2D eigenvalue weighted by Crippen LogP contribution is 2.16. The minimum absolute atomic E-state index is 0.246. The Morgan fingerprint density at radius 3 is 2.75 bits per heavy atom. The van der Waals surface area contributed by atoms with Crippen LogP contribution >= 0.6 is 0 Å². The molecule has 0 saturated heterocycles. The molecule has 3 aromatic rings. The Bertz CT molecular complexity index is 803. The fraction of sp³-hybridized carbons (Fsp3) is 0.222. The van der Waals surface area contributed by atoms with Crippen LogP contribution in [0.4, 0.5) is 0 Å². The molecule has 124 valence electrons. The Morgan fingerprint density at radius 1 is 1.21 bits per heavy atom. The summed E-state index contributed by atoms with van der Waals surface area (Å²) >= 11 is 0. The Hall–Kier alpha value is -3.02. The molecule has 0 radical (unpaired) electrons. The number of aromatic amines is 1. The molecule has 0 unspecified atom stereocenters. The molecule has 0 spiro atoms. The van der Waals surface area contributed by atoms with E-state index in [1.54, 1.807) is 18.4 Å². The summed E-state index contributed by atoms with van der Waals surface area (Å²) in [6.07, 6.45) is 1.94. The number of carbonyl (C=O) groups excluding carboxylic acids is 2. The molecular weight excluding hydrogens is 306 g/mol. The van der Waals surface area contributed by atoms with Gasteiger partial charge in [0.1, 0.15) is 11.8 Å². The average Bonchev–Trinajstić information content (AvgIpc) is 3.20. The van der Waals surface area contributed by atoms with Crippen LogP contribution < -0.4 is 10.6 Å². The molecule has 2 aromatic heterocycles. The van der Waals surface area contributed by atoms with Gasteiger partial charge in [0.2, 0.25) is 11.8 Å². The summed E-state index contributed by atoms with van der Waals surface area (Å²) in [6, 6.07) is 12.8. The van der Waals surface area contributed by atoms with Gasteiger partial charge in [0, 0.05) is 24.6 Å². The predicted molar refractivity (Wildman–Crippen MR) is 90.2 cm³/mol. The van der Waals surface area contributed by atoms with Crippen molar-refractivity contribution >= 4 is 22.7 Å². The van der Waals surface area contributed by atoms with Gasteiger partial charge >= 0.3 is 0 Å². The minimum Gasteiger partial charge on any atom is -0.467 e. The normalized spacial score (nSPS) is 12.0. The molecule has 6 heteroatoms. The van der Waals surface area contributed by atoms with Gasteiger partial charge in [0.25, 0.3) is 0 Å². The predicted octanol–water partition coefficient (Wildman–Crippen LogP) is 2.12. The van der Waals surface area contributed by atoms with Crippen molar-refractivity contribution in [3.05, 3.63) is 60.2 Å². The fourth-order valence-electron chi connectivity index (χ4n) is 2.63. The summed E-state index contributed by atoms with van der Waals surface area (Å²) in [5, 5.41) is 6.56. The summed E-state index contributed by atoms with van der Waals surface area (Å²) in [4.78, 5) is 27.1. The monoisotopic (exact) mass is 325 g/mol. The van der Waals surface area contributed by atoms with E-state index in [0.717, 1.165) is 16.6 Å². The van der Waals surface area contributed by atoms with E-state index in [4.69, 9.17) is 4.42 Å². The van der Waals surface area contributed by atoms with E-state index in [0.29, 0.717) is 12.2 Å². The average molecular weight is 325 g/mol. The highest BCUT2D eigenvalue weighted by Gasteiger charge is 2.21. The molecule has 0 aliphatic carbocycles. The maximum atomic E-state index is 12.4. The van der Waals surface area contributed by atoms with Crippen LogP contribution in [0.2, 0.25) is 0 Å². The van der Waals surface area contributed by atoms with Crippen molar-refractivity contribution < 1.29 is 14.0 Å². The minimum atomic E-state index is -0.648. The second-order valence-electron chi connectivity index (χ2n) is 5.64. The van der Waals surface area contributed by atoms with Crippen LogP contribution in [-0.4, -0.2) is 22.8 Å². The molecule has 0 saturated carbocycles. The van der Waals surface area contributed by atoms with Gasteiger partial charge in [-0.3, -0.25) is 9.59 Å². The third-order valence-corrected chi connectivity index (χ3v) is 3.72. The zero-order chi connectivity index (χ0) is 16.9. The largest absolute Gasteiger partial charge is 0.467 e. The summed E-state index contributed by atoms with van der Waals surface area (Å²) < 4.78 is 5.19. The van der Waals surface area contributed by atoms with Crippen molar-refractivity contribution in [2.24, 2.45) is 0 Å². The number of rotatable bonds is 6. The van der Waals surface area contributed by atoms with E-state index < -0.39 is 6.04 Å². The van der Waals surface area contributed by atoms with Crippen LogP contribution in [0.3, 0.4) is 0 Å². The topological polar surface area (TPSA) is 87.1 Å². The van der Waals surface area contributed by atoms with Gasteiger partial charge in [-0.15, -0.1) is 0 Å². The highest BCUT2D eigenvalue weighted by molar-refractivity contribution is 5.87. The molecule has 3 N–H and O–H groups in total. The van der Waals surface area contributed by atoms with Crippen LogP contribution in [0.25, 0.3) is 10.9 Å². The first kappa shape index (κ1) is 15.9. The molecule has 0 aliphatic heterocycles. The molecule has 1 aromatic carbocycles. The van der Waals surface area contributed by atoms with Gasteiger partial charge < -0.3 is 20.0 Å². The van der Waals surface area contributed by atoms with E-state index in [9.17, 15) is 9.59 Å². The van der Waals surface area contributed by atoms with E-state index >= 15 is 0 Å². The second kappa shape index (κ2) is 7.04. The van der Waals surface area contributed by atoms with Crippen molar-refractivity contribution in [3.63, 3.8) is 0 Å². The van der Waals surface area contributed by atoms with Gasteiger partial charge in [0.05, 0.1) is 12.8 Å². The summed E-state index contributed by atoms with van der Waals surface area (Å²) in [5.74, 6) is 0.167. The fourth-order valence-corrected chi connectivity index (χ4v) is 2.63. The van der Waals surface area contributed by atoms with E-state index in [-0.39, 0.29) is 18.4 Å². The summed E-state index contributed by atoms with van der Waals surface area (Å²) in [7, 11) is 0. The number of H-pyrrole nitrogens is 1. The van der Waals surface area contributed by atoms with Crippen LogP contribution in [0, 0.1) is 0 Å². The molecule has 0 bridgehead atoms. The number of furan rings is 1. The summed E-state index contributed by atoms with van der Waals surface area (Å²) in [5.41, 5.74) is 1.90. The van der Waals surface area contributed by atoms with E-state index in [1.165, 1.54) is 6.92 Å². The van der Waals surface area contributed by atoms with E-state index in [2.05, 4.69) is 15.6 Å². The smallest absolute Gasteiger partial charge is 0.243 e. The zero-order valence-electron chi connectivity index (χ0n) is 13.3. The first-order valence-electron chi connectivity index (χ1n) is 7.75. The number of para-hydroxylation sites is 1. The van der Waals surface area contributed by atoms with Crippen LogP contribution in [0.1, 0.15) is 18.4 Å². The lowest BCUT2D eigenvalue weighted by molar-refractivity contribution is -0.128. The molecule has 6 nitrogen and oxygen atoms in total. The molecule has 24 heavy (non-hydrogen) atoms. The van der Waals surface area contributed by atoms with Crippen LogP contribution in [-0.2, 0) is 22.6 Å². The standard InChI is InChI=1S/C18H19N3O3/c1-12(22)20-17(18(23)19-11-15-6-4-8-24-15)10-14-9-13-5-2-3-7-16(13)21-14/h2-9,17,21H,10-11H2,1H3,(H,19,23)(H,20,22)/t17-/m0/s1. The SMILES string of the molecule is CC(=O)N[C@@H](Cc1cc2ccccc2[nH]1)C(=O)NCc1ccco1. The van der Waals surface area contributed by atoms with Crippen molar-refractivity contribution in [2.75, 3.05) is 0 Å². The maximum Gasteiger partial charge on any atom is 0.243 e. The maximum absolute atomic E-state index is 12.4. The lowest BCUT2D eigenvalue weighted by atomic mass is 10.1. The Labute approximate surface area is 139 Å². The molecule has 0 fully saturated rings. The molecule has 2 amide bonds. The van der Waals surface area contributed by atoms with Crippen molar-refractivity contribution in [3.8, 4) is 0 Å². The molecular formula is C18H19N3O3. The van der Waals surface area contributed by atoms with Gasteiger partial charge in [0.15, 0.2) is 0 Å². The third-order valence-electron chi connectivity index (χ3n) is 3.72. The number of amides is 2. The van der Waals surface area contributed by atoms with Crippen molar-refractivity contribution in [1.29, 1.82) is 0 Å². The number of carbonyl (C=O) groups is 2. The number of hydrogen-bond donors (Lipinski definition) is 3. The molecule has 3 rings (SSSR count). The lowest BCUT2D eigenvalue weighted by Gasteiger charge is -2.16. The van der Waals surface area contributed by atoms with Gasteiger partial charge in [-0.2, -0.15) is 0 Å². The van der Waals surface area contributed by atoms with Crippen LogP contribution in [0.15, 0.2) is 53.1 Å². The highest BCUT2D eigenvalue weighted by atomic mass is 16.3.